The van der Waals surface area contributed by atoms with Crippen molar-refractivity contribution in [3.8, 4) is 0 Å². The van der Waals surface area contributed by atoms with E-state index >= 15 is 0 Å². The highest BCUT2D eigenvalue weighted by Gasteiger charge is 2.42. The van der Waals surface area contributed by atoms with Crippen molar-refractivity contribution in [3.63, 3.8) is 0 Å². The zero-order chi connectivity index (χ0) is 18.0. The van der Waals surface area contributed by atoms with Crippen molar-refractivity contribution in [1.82, 2.24) is 9.29 Å². The third kappa shape index (κ3) is 3.51. The minimum absolute atomic E-state index is 0.186. The molecule has 0 N–H and O–H groups in total. The van der Waals surface area contributed by atoms with Crippen LogP contribution in [-0.2, 0) is 14.8 Å². The Balaban J connectivity index is 1.58. The molecule has 2 aliphatic rings. The number of hydrogen-bond acceptors (Lipinski definition) is 6. The van der Waals surface area contributed by atoms with Crippen molar-refractivity contribution in [2.45, 2.75) is 17.1 Å². The molecule has 2 fully saturated rings. The lowest BCUT2D eigenvalue weighted by atomic mass is 9.81. The van der Waals surface area contributed by atoms with Gasteiger partial charge in [-0.3, -0.25) is 4.98 Å². The van der Waals surface area contributed by atoms with Gasteiger partial charge < -0.3 is 9.64 Å². The highest BCUT2D eigenvalue weighted by atomic mass is 32.2. The third-order valence-electron chi connectivity index (χ3n) is 5.17. The second-order valence-electron chi connectivity index (χ2n) is 7.06. The van der Waals surface area contributed by atoms with Crippen molar-refractivity contribution < 1.29 is 13.2 Å². The number of rotatable bonds is 3. The molecule has 2 saturated heterocycles. The molecule has 0 aromatic carbocycles. The lowest BCUT2D eigenvalue weighted by Crippen LogP contribution is -2.52. The molecule has 0 saturated carbocycles. The second kappa shape index (κ2) is 7.26. The Kier molecular flexibility index (Phi) is 5.00. The standard InChI is InChI=1S/C18H23N3O3S2/c22-26(23,17-5-2-11-25-17)21-8-3-6-18(14-21)13-20(9-10-24-15-18)16-4-1-7-19-12-16/h1-2,4-5,7,11-12H,3,6,8-10,13-15H2/t18-/m1/s1. The first kappa shape index (κ1) is 17.9. The summed E-state index contributed by atoms with van der Waals surface area (Å²) in [5.74, 6) is 0. The Hall–Kier alpha value is -1.48. The summed E-state index contributed by atoms with van der Waals surface area (Å²) in [6, 6.07) is 7.46. The number of piperidine rings is 1. The zero-order valence-corrected chi connectivity index (χ0v) is 16.2. The van der Waals surface area contributed by atoms with Gasteiger partial charge in [0.25, 0.3) is 10.0 Å². The third-order valence-corrected chi connectivity index (χ3v) is 8.38. The predicted molar refractivity (Wildman–Crippen MR) is 102 cm³/mol. The van der Waals surface area contributed by atoms with E-state index in [1.807, 2.05) is 17.6 Å². The van der Waals surface area contributed by atoms with E-state index in [0.29, 0.717) is 30.5 Å². The number of ether oxygens (including phenoxy) is 1. The molecule has 0 radical (unpaired) electrons. The number of thiophene rings is 1. The summed E-state index contributed by atoms with van der Waals surface area (Å²) in [4.78, 5) is 6.50. The van der Waals surface area contributed by atoms with Crippen LogP contribution in [0.2, 0.25) is 0 Å². The molecule has 26 heavy (non-hydrogen) atoms. The topological polar surface area (TPSA) is 62.7 Å². The molecular formula is C18H23N3O3S2. The molecule has 0 unspecified atom stereocenters. The van der Waals surface area contributed by atoms with Gasteiger partial charge in [-0.05, 0) is 36.4 Å². The average molecular weight is 394 g/mol. The van der Waals surface area contributed by atoms with Crippen LogP contribution < -0.4 is 4.90 Å². The molecule has 4 rings (SSSR count). The van der Waals surface area contributed by atoms with Gasteiger partial charge in [0, 0.05) is 37.8 Å². The largest absolute Gasteiger partial charge is 0.379 e. The molecule has 8 heteroatoms. The molecule has 140 valence electrons. The Labute approximate surface area is 158 Å². The maximum absolute atomic E-state index is 13.0. The first-order valence-corrected chi connectivity index (χ1v) is 11.2. The van der Waals surface area contributed by atoms with E-state index in [1.54, 1.807) is 22.6 Å². The van der Waals surface area contributed by atoms with Crippen LogP contribution in [0.3, 0.4) is 0 Å². The lowest BCUT2D eigenvalue weighted by molar-refractivity contribution is 0.0351. The molecule has 0 bridgehead atoms. The molecule has 1 spiro atoms. The van der Waals surface area contributed by atoms with Gasteiger partial charge >= 0.3 is 0 Å². The highest BCUT2D eigenvalue weighted by molar-refractivity contribution is 7.91. The fourth-order valence-corrected chi connectivity index (χ4v) is 6.64. The summed E-state index contributed by atoms with van der Waals surface area (Å²) < 4.78 is 34.0. The van der Waals surface area contributed by atoms with Gasteiger partial charge in [0.15, 0.2) is 0 Å². The maximum atomic E-state index is 13.0. The Morgan fingerprint density at radius 2 is 2.12 bits per heavy atom. The van der Waals surface area contributed by atoms with Crippen molar-refractivity contribution in [3.05, 3.63) is 42.0 Å². The van der Waals surface area contributed by atoms with Crippen LogP contribution in [0.5, 0.6) is 0 Å². The average Bonchev–Trinajstić information content (AvgIpc) is 3.14. The van der Waals surface area contributed by atoms with E-state index < -0.39 is 10.0 Å². The van der Waals surface area contributed by atoms with Crippen molar-refractivity contribution in [2.24, 2.45) is 5.41 Å². The molecule has 2 aromatic rings. The van der Waals surface area contributed by atoms with E-state index in [-0.39, 0.29) is 5.41 Å². The monoisotopic (exact) mass is 393 g/mol. The van der Waals surface area contributed by atoms with Gasteiger partial charge in [0.2, 0.25) is 0 Å². The van der Waals surface area contributed by atoms with Crippen molar-refractivity contribution in [1.29, 1.82) is 0 Å². The smallest absolute Gasteiger partial charge is 0.252 e. The first-order chi connectivity index (χ1) is 12.6. The van der Waals surface area contributed by atoms with Crippen LogP contribution in [-0.4, -0.2) is 57.1 Å². The van der Waals surface area contributed by atoms with Gasteiger partial charge in [-0.25, -0.2) is 8.42 Å². The minimum atomic E-state index is -3.42. The van der Waals surface area contributed by atoms with Crippen molar-refractivity contribution >= 4 is 27.0 Å². The lowest BCUT2D eigenvalue weighted by Gasteiger charge is -2.43. The van der Waals surface area contributed by atoms with Crippen LogP contribution in [0.25, 0.3) is 0 Å². The first-order valence-electron chi connectivity index (χ1n) is 8.86. The summed E-state index contributed by atoms with van der Waals surface area (Å²) in [7, 11) is -3.42. The molecule has 4 heterocycles. The van der Waals surface area contributed by atoms with Gasteiger partial charge in [-0.1, -0.05) is 6.07 Å². The van der Waals surface area contributed by atoms with Crippen LogP contribution in [0.4, 0.5) is 5.69 Å². The molecular weight excluding hydrogens is 370 g/mol. The Morgan fingerprint density at radius 3 is 2.88 bits per heavy atom. The minimum Gasteiger partial charge on any atom is -0.379 e. The van der Waals surface area contributed by atoms with Crippen molar-refractivity contribution in [2.75, 3.05) is 44.3 Å². The van der Waals surface area contributed by atoms with Gasteiger partial charge in [0.05, 0.1) is 25.1 Å². The summed E-state index contributed by atoms with van der Waals surface area (Å²) in [5.41, 5.74) is 0.880. The number of anilines is 1. The van der Waals surface area contributed by atoms with Crippen LogP contribution in [0.15, 0.2) is 46.2 Å². The number of sulfonamides is 1. The van der Waals surface area contributed by atoms with E-state index in [9.17, 15) is 8.42 Å². The van der Waals surface area contributed by atoms with E-state index in [4.69, 9.17) is 4.74 Å². The highest BCUT2D eigenvalue weighted by Crippen LogP contribution is 2.37. The van der Waals surface area contributed by atoms with E-state index in [2.05, 4.69) is 16.0 Å². The number of pyridine rings is 1. The molecule has 1 atom stereocenters. The summed E-state index contributed by atoms with van der Waals surface area (Å²) in [6.07, 6.45) is 5.46. The SMILES string of the molecule is O=S(=O)(c1cccs1)N1CCC[C@]2(COCCN(c3cccnc3)C2)C1. The number of aromatic nitrogens is 1. The zero-order valence-electron chi connectivity index (χ0n) is 14.6. The molecule has 0 aliphatic carbocycles. The molecule has 0 amide bonds. The van der Waals surface area contributed by atoms with Crippen LogP contribution in [0, 0.1) is 5.41 Å². The molecule has 2 aliphatic heterocycles. The van der Waals surface area contributed by atoms with E-state index in [0.717, 1.165) is 31.6 Å². The van der Waals surface area contributed by atoms with Crippen LogP contribution in [0.1, 0.15) is 12.8 Å². The fourth-order valence-electron chi connectivity index (χ4n) is 3.91. The normalized spacial score (nSPS) is 25.3. The van der Waals surface area contributed by atoms with Gasteiger partial charge in [-0.2, -0.15) is 4.31 Å². The van der Waals surface area contributed by atoms with Crippen LogP contribution >= 0.6 is 11.3 Å². The molecule has 6 nitrogen and oxygen atoms in total. The molecule has 2 aromatic heterocycles. The summed E-state index contributed by atoms with van der Waals surface area (Å²) in [5, 5.41) is 1.81. The quantitative estimate of drug-likeness (QED) is 0.802. The van der Waals surface area contributed by atoms with Gasteiger partial charge in [-0.15, -0.1) is 11.3 Å². The Morgan fingerprint density at radius 1 is 1.19 bits per heavy atom. The van der Waals surface area contributed by atoms with E-state index in [1.165, 1.54) is 11.3 Å². The fraction of sp³-hybridized carbons (Fsp3) is 0.500. The Bertz CT molecular complexity index is 827. The summed E-state index contributed by atoms with van der Waals surface area (Å²) in [6.45, 7) is 3.91. The maximum Gasteiger partial charge on any atom is 0.252 e. The number of hydrogen-bond donors (Lipinski definition) is 0. The van der Waals surface area contributed by atoms with Gasteiger partial charge in [0.1, 0.15) is 4.21 Å². The number of nitrogens with zero attached hydrogens (tertiary/aromatic N) is 3. The second-order valence-corrected chi connectivity index (χ2v) is 10.2. The summed E-state index contributed by atoms with van der Waals surface area (Å²) >= 11 is 1.28. The predicted octanol–water partition coefficient (Wildman–Crippen LogP) is 2.45.